The molecule has 3 atom stereocenters. The van der Waals surface area contributed by atoms with E-state index < -0.39 is 12.0 Å². The first-order valence-electron chi connectivity index (χ1n) is 11.7. The molecule has 2 N–H and O–H groups in total. The molecule has 2 heterocycles. The molecule has 0 aromatic heterocycles. The SMILES string of the molecule is C#C/C=C(Cl)\C=C/C[C@H]1[C@H](C(=O)NOCc2ccccc2)c2ccccc2C(=O)N1[C@@H]1CCNC1. The van der Waals surface area contributed by atoms with Crippen molar-refractivity contribution in [1.29, 1.82) is 0 Å². The number of rotatable bonds is 8. The van der Waals surface area contributed by atoms with Crippen LogP contribution in [0.15, 0.2) is 77.9 Å². The summed E-state index contributed by atoms with van der Waals surface area (Å²) in [4.78, 5) is 34.6. The van der Waals surface area contributed by atoms with Crippen LogP contribution in [0.5, 0.6) is 0 Å². The van der Waals surface area contributed by atoms with E-state index in [0.29, 0.717) is 29.1 Å². The van der Waals surface area contributed by atoms with Crippen molar-refractivity contribution < 1.29 is 14.4 Å². The molecule has 35 heavy (non-hydrogen) atoms. The molecule has 0 spiro atoms. The number of fused-ring (bicyclic) bond motifs is 1. The topological polar surface area (TPSA) is 70.7 Å². The summed E-state index contributed by atoms with van der Waals surface area (Å²) in [6.45, 7) is 1.75. The second-order valence-corrected chi connectivity index (χ2v) is 9.00. The van der Waals surface area contributed by atoms with E-state index in [1.807, 2.05) is 59.5 Å². The van der Waals surface area contributed by atoms with Crippen LogP contribution in [0, 0.1) is 12.3 Å². The van der Waals surface area contributed by atoms with E-state index >= 15 is 0 Å². The van der Waals surface area contributed by atoms with Crippen molar-refractivity contribution in [2.24, 2.45) is 0 Å². The highest BCUT2D eigenvalue weighted by Gasteiger charge is 2.45. The van der Waals surface area contributed by atoms with Crippen molar-refractivity contribution in [1.82, 2.24) is 15.7 Å². The molecule has 0 bridgehead atoms. The molecular weight excluding hydrogens is 462 g/mol. The zero-order valence-electron chi connectivity index (χ0n) is 19.3. The van der Waals surface area contributed by atoms with Crippen LogP contribution < -0.4 is 10.8 Å². The van der Waals surface area contributed by atoms with Crippen LogP contribution in [-0.4, -0.2) is 41.9 Å². The number of nitrogens with one attached hydrogen (secondary N) is 2. The lowest BCUT2D eigenvalue weighted by atomic mass is 9.80. The summed E-state index contributed by atoms with van der Waals surface area (Å²) < 4.78 is 0. The molecule has 1 saturated heterocycles. The molecule has 4 rings (SSSR count). The minimum Gasteiger partial charge on any atom is -0.330 e. The zero-order chi connectivity index (χ0) is 24.6. The molecule has 2 aromatic rings. The summed E-state index contributed by atoms with van der Waals surface area (Å²) in [5, 5.41) is 3.75. The second-order valence-electron chi connectivity index (χ2n) is 8.57. The van der Waals surface area contributed by atoms with Gasteiger partial charge in [0, 0.05) is 29.3 Å². The fraction of sp³-hybridized carbons (Fsp3) is 0.286. The lowest BCUT2D eigenvalue weighted by molar-refractivity contribution is -0.138. The number of hydrogen-bond acceptors (Lipinski definition) is 4. The Morgan fingerprint density at radius 3 is 2.74 bits per heavy atom. The molecule has 0 radical (unpaired) electrons. The van der Waals surface area contributed by atoms with Gasteiger partial charge in [0.15, 0.2) is 0 Å². The summed E-state index contributed by atoms with van der Waals surface area (Å²) in [5.41, 5.74) is 4.83. The van der Waals surface area contributed by atoms with Gasteiger partial charge < -0.3 is 10.2 Å². The quantitative estimate of drug-likeness (QED) is 0.335. The van der Waals surface area contributed by atoms with Crippen molar-refractivity contribution in [3.8, 4) is 12.3 Å². The maximum Gasteiger partial charge on any atom is 0.254 e. The number of hydrogen-bond donors (Lipinski definition) is 2. The highest BCUT2D eigenvalue weighted by atomic mass is 35.5. The van der Waals surface area contributed by atoms with Gasteiger partial charge in [-0.2, -0.15) is 0 Å². The Morgan fingerprint density at radius 1 is 1.23 bits per heavy atom. The number of nitrogens with zero attached hydrogens (tertiary/aromatic N) is 1. The van der Waals surface area contributed by atoms with Crippen LogP contribution in [0.4, 0.5) is 0 Å². The monoisotopic (exact) mass is 489 g/mol. The van der Waals surface area contributed by atoms with Gasteiger partial charge in [-0.25, -0.2) is 5.48 Å². The highest BCUT2D eigenvalue weighted by molar-refractivity contribution is 6.31. The fourth-order valence-corrected chi connectivity index (χ4v) is 4.93. The van der Waals surface area contributed by atoms with Gasteiger partial charge in [0.05, 0.1) is 18.6 Å². The number of hydroxylamine groups is 1. The zero-order valence-corrected chi connectivity index (χ0v) is 20.1. The van der Waals surface area contributed by atoms with Gasteiger partial charge in [0.1, 0.15) is 0 Å². The Balaban J connectivity index is 1.63. The van der Waals surface area contributed by atoms with Crippen LogP contribution >= 0.6 is 11.6 Å². The molecule has 7 heteroatoms. The van der Waals surface area contributed by atoms with Crippen LogP contribution in [0.3, 0.4) is 0 Å². The number of terminal acetylenes is 1. The van der Waals surface area contributed by atoms with E-state index in [-0.39, 0.29) is 24.5 Å². The Hall–Kier alpha value is -3.37. The van der Waals surface area contributed by atoms with Gasteiger partial charge in [-0.3, -0.25) is 14.4 Å². The third kappa shape index (κ3) is 5.83. The van der Waals surface area contributed by atoms with Crippen LogP contribution in [-0.2, 0) is 16.2 Å². The van der Waals surface area contributed by atoms with Crippen molar-refractivity contribution in [2.45, 2.75) is 37.5 Å². The minimum absolute atomic E-state index is 0.00786. The molecule has 2 amide bonds. The second kappa shape index (κ2) is 11.9. The number of halogens is 1. The Bertz CT molecular complexity index is 1150. The molecule has 180 valence electrons. The van der Waals surface area contributed by atoms with Crippen molar-refractivity contribution in [3.05, 3.63) is 94.5 Å². The first-order valence-corrected chi connectivity index (χ1v) is 12.0. The third-order valence-electron chi connectivity index (χ3n) is 6.34. The maximum absolute atomic E-state index is 13.6. The lowest BCUT2D eigenvalue weighted by Gasteiger charge is -2.44. The number of carbonyl (C=O) groups excluding carboxylic acids is 2. The highest BCUT2D eigenvalue weighted by Crippen LogP contribution is 2.37. The van der Waals surface area contributed by atoms with E-state index in [9.17, 15) is 9.59 Å². The number of amides is 2. The third-order valence-corrected chi connectivity index (χ3v) is 6.58. The first kappa shape index (κ1) is 24.7. The normalized spacial score (nSPS) is 22.2. The smallest absolute Gasteiger partial charge is 0.254 e. The van der Waals surface area contributed by atoms with Gasteiger partial charge in [0.2, 0.25) is 0 Å². The number of benzene rings is 2. The fourth-order valence-electron chi connectivity index (χ4n) is 4.78. The lowest BCUT2D eigenvalue weighted by Crippen LogP contribution is -2.56. The molecule has 2 aliphatic rings. The molecule has 1 fully saturated rings. The van der Waals surface area contributed by atoms with Gasteiger partial charge in [-0.15, -0.1) is 6.42 Å². The van der Waals surface area contributed by atoms with Crippen LogP contribution in [0.1, 0.15) is 40.2 Å². The van der Waals surface area contributed by atoms with E-state index in [2.05, 4.69) is 16.7 Å². The predicted octanol–water partition coefficient (Wildman–Crippen LogP) is 3.91. The van der Waals surface area contributed by atoms with Gasteiger partial charge >= 0.3 is 0 Å². The number of carbonyl (C=O) groups is 2. The van der Waals surface area contributed by atoms with E-state index in [1.165, 1.54) is 6.08 Å². The van der Waals surface area contributed by atoms with Crippen molar-refractivity contribution in [2.75, 3.05) is 13.1 Å². The van der Waals surface area contributed by atoms with E-state index in [0.717, 1.165) is 18.5 Å². The number of allylic oxidation sites excluding steroid dienone is 3. The Labute approximate surface area is 210 Å². The molecular formula is C28H28ClN3O3. The van der Waals surface area contributed by atoms with Gasteiger partial charge in [-0.1, -0.05) is 72.1 Å². The average Bonchev–Trinajstić information content (AvgIpc) is 3.39. The maximum atomic E-state index is 13.6. The minimum atomic E-state index is -0.611. The van der Waals surface area contributed by atoms with Crippen molar-refractivity contribution in [3.63, 3.8) is 0 Å². The average molecular weight is 490 g/mol. The predicted molar refractivity (Wildman–Crippen MR) is 136 cm³/mol. The molecule has 6 nitrogen and oxygen atoms in total. The molecule has 0 saturated carbocycles. The molecule has 0 unspecified atom stereocenters. The summed E-state index contributed by atoms with van der Waals surface area (Å²) in [7, 11) is 0. The summed E-state index contributed by atoms with van der Waals surface area (Å²) in [6, 6.07) is 16.5. The largest absolute Gasteiger partial charge is 0.330 e. The van der Waals surface area contributed by atoms with Crippen LogP contribution in [0.2, 0.25) is 0 Å². The Morgan fingerprint density at radius 2 is 2.00 bits per heavy atom. The van der Waals surface area contributed by atoms with Crippen molar-refractivity contribution >= 4 is 23.4 Å². The summed E-state index contributed by atoms with van der Waals surface area (Å²) in [6.07, 6.45) is 11.6. The van der Waals surface area contributed by atoms with Gasteiger partial charge in [0.25, 0.3) is 11.8 Å². The molecule has 2 aromatic carbocycles. The van der Waals surface area contributed by atoms with Gasteiger partial charge in [-0.05, 0) is 42.7 Å². The molecule has 0 aliphatic carbocycles. The standard InChI is InChI=1S/C28H28ClN3O3/c1-2-9-21(29)12-8-15-25-26(27(33)31-35-19-20-10-4-3-5-11-20)23-13-6-7-14-24(23)28(34)32(25)22-16-17-30-18-22/h1,3-14,22,25-26,30H,15-19H2,(H,31,33)/b12-8-,21-9+/t22-,25+,26-/m1/s1. The van der Waals surface area contributed by atoms with E-state index in [4.69, 9.17) is 22.9 Å². The molecule has 2 aliphatic heterocycles. The first-order chi connectivity index (χ1) is 17.1. The summed E-state index contributed by atoms with van der Waals surface area (Å²) >= 11 is 6.14. The van der Waals surface area contributed by atoms with Crippen LogP contribution in [0.25, 0.3) is 0 Å². The van der Waals surface area contributed by atoms with E-state index in [1.54, 1.807) is 12.1 Å². The Kier molecular flexibility index (Phi) is 8.38. The summed E-state index contributed by atoms with van der Waals surface area (Å²) in [5.74, 6) is 1.43.